The molecular formula is C21H24ClN3O2. The van der Waals surface area contributed by atoms with E-state index in [2.05, 4.69) is 10.3 Å². The summed E-state index contributed by atoms with van der Waals surface area (Å²) in [4.78, 5) is 31.4. The number of halogens is 1. The van der Waals surface area contributed by atoms with Crippen LogP contribution >= 0.6 is 11.6 Å². The zero-order valence-corrected chi connectivity index (χ0v) is 16.2. The number of carbonyl (C=O) groups excluding carboxylic acids is 2. The second-order valence-corrected chi connectivity index (χ2v) is 7.12. The van der Waals surface area contributed by atoms with Crippen LogP contribution in [0.5, 0.6) is 0 Å². The normalized spacial score (nSPS) is 19.8. The number of likely N-dealkylation sites (tertiary alicyclic amines) is 1. The van der Waals surface area contributed by atoms with Gasteiger partial charge in [0.05, 0.1) is 12.0 Å². The number of amides is 2. The number of piperidine rings is 1. The number of carbonyl (C=O) groups is 2. The molecule has 27 heavy (non-hydrogen) atoms. The number of aromatic nitrogens is 1. The summed E-state index contributed by atoms with van der Waals surface area (Å²) in [7, 11) is 0. The van der Waals surface area contributed by atoms with E-state index >= 15 is 0 Å². The third kappa shape index (κ3) is 4.66. The summed E-state index contributed by atoms with van der Waals surface area (Å²) in [5.74, 6) is -0.230. The number of hydrogen-bond donors (Lipinski definition) is 1. The maximum absolute atomic E-state index is 12.9. The van der Waals surface area contributed by atoms with Gasteiger partial charge in [0.2, 0.25) is 11.8 Å². The molecule has 3 rings (SSSR count). The molecule has 1 aromatic heterocycles. The van der Waals surface area contributed by atoms with Crippen molar-refractivity contribution in [2.75, 3.05) is 13.1 Å². The third-order valence-electron chi connectivity index (χ3n) is 4.98. The van der Waals surface area contributed by atoms with Gasteiger partial charge in [0.15, 0.2) is 0 Å². The highest BCUT2D eigenvalue weighted by Gasteiger charge is 2.39. The van der Waals surface area contributed by atoms with Gasteiger partial charge >= 0.3 is 0 Å². The predicted octanol–water partition coefficient (Wildman–Crippen LogP) is 3.39. The van der Waals surface area contributed by atoms with Crippen molar-refractivity contribution in [3.05, 3.63) is 64.9 Å². The zero-order chi connectivity index (χ0) is 19.2. The first-order valence-corrected chi connectivity index (χ1v) is 9.70. The fourth-order valence-electron chi connectivity index (χ4n) is 3.69. The molecule has 0 radical (unpaired) electrons. The molecule has 0 bridgehead atoms. The zero-order valence-electron chi connectivity index (χ0n) is 15.4. The molecule has 1 fully saturated rings. The van der Waals surface area contributed by atoms with Crippen molar-refractivity contribution < 1.29 is 9.59 Å². The van der Waals surface area contributed by atoms with Crippen LogP contribution in [-0.2, 0) is 16.0 Å². The van der Waals surface area contributed by atoms with Crippen LogP contribution in [0, 0.1) is 5.92 Å². The Morgan fingerprint density at radius 2 is 2.15 bits per heavy atom. The summed E-state index contributed by atoms with van der Waals surface area (Å²) in [6.07, 6.45) is 3.36. The van der Waals surface area contributed by atoms with Crippen molar-refractivity contribution >= 4 is 23.4 Å². The minimum atomic E-state index is -0.287. The number of pyridine rings is 1. The Morgan fingerprint density at radius 3 is 2.85 bits per heavy atom. The minimum Gasteiger partial charge on any atom is -0.355 e. The second-order valence-electron chi connectivity index (χ2n) is 6.69. The molecule has 0 aliphatic carbocycles. The molecule has 1 aliphatic heterocycles. The maximum Gasteiger partial charge on any atom is 0.225 e. The van der Waals surface area contributed by atoms with E-state index in [-0.39, 0.29) is 23.8 Å². The molecule has 1 aliphatic rings. The first kappa shape index (κ1) is 19.4. The van der Waals surface area contributed by atoms with Gasteiger partial charge in [-0.3, -0.25) is 14.6 Å². The molecule has 2 heterocycles. The Bertz CT molecular complexity index is 797. The van der Waals surface area contributed by atoms with Crippen LogP contribution in [0.25, 0.3) is 0 Å². The van der Waals surface area contributed by atoms with Gasteiger partial charge in [0, 0.05) is 42.8 Å². The molecule has 0 spiro atoms. The smallest absolute Gasteiger partial charge is 0.225 e. The summed E-state index contributed by atoms with van der Waals surface area (Å²) in [5, 5.41) is 3.63. The topological polar surface area (TPSA) is 62.3 Å². The van der Waals surface area contributed by atoms with E-state index < -0.39 is 0 Å². The molecule has 2 aromatic rings. The first-order valence-electron chi connectivity index (χ1n) is 9.32. The molecule has 6 heteroatoms. The molecule has 1 N–H and O–H groups in total. The van der Waals surface area contributed by atoms with Gasteiger partial charge in [0.1, 0.15) is 0 Å². The van der Waals surface area contributed by atoms with Gasteiger partial charge in [0.25, 0.3) is 0 Å². The van der Waals surface area contributed by atoms with Crippen molar-refractivity contribution in [3.8, 4) is 0 Å². The maximum atomic E-state index is 12.9. The van der Waals surface area contributed by atoms with Gasteiger partial charge in [-0.2, -0.15) is 0 Å². The van der Waals surface area contributed by atoms with Gasteiger partial charge < -0.3 is 10.2 Å². The van der Waals surface area contributed by atoms with E-state index in [0.717, 1.165) is 11.3 Å². The Hall–Kier alpha value is -2.40. The largest absolute Gasteiger partial charge is 0.355 e. The number of nitrogens with one attached hydrogen (secondary N) is 1. The SMILES string of the molecule is CCN1C(=O)CC[C@@H](C(=O)NCCc2ccccn2)[C@@H]1c1cccc(Cl)c1. The lowest BCUT2D eigenvalue weighted by Gasteiger charge is -2.40. The van der Waals surface area contributed by atoms with Crippen molar-refractivity contribution in [1.82, 2.24) is 15.2 Å². The molecule has 2 amide bonds. The molecule has 2 atom stereocenters. The highest BCUT2D eigenvalue weighted by Crippen LogP contribution is 2.37. The Balaban J connectivity index is 1.74. The Kier molecular flexibility index (Phi) is 6.45. The second kappa shape index (κ2) is 9.00. The van der Waals surface area contributed by atoms with E-state index in [9.17, 15) is 9.59 Å². The van der Waals surface area contributed by atoms with E-state index in [4.69, 9.17) is 11.6 Å². The lowest BCUT2D eigenvalue weighted by molar-refractivity contribution is -0.143. The van der Waals surface area contributed by atoms with E-state index in [1.165, 1.54) is 0 Å². The quantitative estimate of drug-likeness (QED) is 0.829. The number of nitrogens with zero attached hydrogens (tertiary/aromatic N) is 2. The average Bonchev–Trinajstić information content (AvgIpc) is 2.68. The van der Waals surface area contributed by atoms with Gasteiger partial charge in [-0.15, -0.1) is 0 Å². The lowest BCUT2D eigenvalue weighted by Crippen LogP contribution is -2.48. The van der Waals surface area contributed by atoms with E-state index in [1.807, 2.05) is 43.3 Å². The van der Waals surface area contributed by atoms with Crippen LogP contribution in [0.2, 0.25) is 5.02 Å². The molecule has 0 unspecified atom stereocenters. The molecule has 1 aromatic carbocycles. The molecule has 142 valence electrons. The summed E-state index contributed by atoms with van der Waals surface area (Å²) in [6, 6.07) is 12.9. The van der Waals surface area contributed by atoms with Crippen LogP contribution in [0.4, 0.5) is 0 Å². The summed E-state index contributed by atoms with van der Waals surface area (Å²) >= 11 is 6.16. The summed E-state index contributed by atoms with van der Waals surface area (Å²) < 4.78 is 0. The van der Waals surface area contributed by atoms with Gasteiger partial charge in [-0.05, 0) is 43.2 Å². The molecule has 0 saturated carbocycles. The van der Waals surface area contributed by atoms with Crippen LogP contribution in [-0.4, -0.2) is 34.8 Å². The van der Waals surface area contributed by atoms with Crippen molar-refractivity contribution in [3.63, 3.8) is 0 Å². The van der Waals surface area contributed by atoms with Crippen molar-refractivity contribution in [2.45, 2.75) is 32.2 Å². The third-order valence-corrected chi connectivity index (χ3v) is 5.22. The first-order chi connectivity index (χ1) is 13.1. The molecule has 1 saturated heterocycles. The number of benzene rings is 1. The molecule has 5 nitrogen and oxygen atoms in total. The van der Waals surface area contributed by atoms with Gasteiger partial charge in [-0.25, -0.2) is 0 Å². The van der Waals surface area contributed by atoms with Crippen molar-refractivity contribution in [1.29, 1.82) is 0 Å². The number of rotatable bonds is 6. The highest BCUT2D eigenvalue weighted by molar-refractivity contribution is 6.30. The van der Waals surface area contributed by atoms with Crippen LogP contribution in [0.1, 0.15) is 37.1 Å². The van der Waals surface area contributed by atoms with Crippen LogP contribution < -0.4 is 5.32 Å². The summed E-state index contributed by atoms with van der Waals surface area (Å²) in [5.41, 5.74) is 1.85. The Labute approximate surface area is 164 Å². The fraction of sp³-hybridized carbons (Fsp3) is 0.381. The van der Waals surface area contributed by atoms with Crippen LogP contribution in [0.15, 0.2) is 48.7 Å². The lowest BCUT2D eigenvalue weighted by atomic mass is 9.83. The Morgan fingerprint density at radius 1 is 1.30 bits per heavy atom. The summed E-state index contributed by atoms with van der Waals surface area (Å²) in [6.45, 7) is 3.03. The fourth-order valence-corrected chi connectivity index (χ4v) is 3.89. The van der Waals surface area contributed by atoms with Crippen molar-refractivity contribution in [2.24, 2.45) is 5.92 Å². The minimum absolute atomic E-state index is 0.0261. The van der Waals surface area contributed by atoms with Gasteiger partial charge in [-0.1, -0.05) is 29.8 Å². The average molecular weight is 386 g/mol. The standard InChI is InChI=1S/C21H24ClN3O2/c1-2-25-19(26)10-9-18(20(25)15-6-5-7-16(22)14-15)21(27)24-13-11-17-8-3-4-12-23-17/h3-8,12,14,18,20H,2,9-11,13H2,1H3,(H,24,27)/t18-,20+/m1/s1. The molecular weight excluding hydrogens is 362 g/mol. The van der Waals surface area contributed by atoms with E-state index in [0.29, 0.717) is 37.4 Å². The highest BCUT2D eigenvalue weighted by atomic mass is 35.5. The van der Waals surface area contributed by atoms with E-state index in [1.54, 1.807) is 17.2 Å². The predicted molar refractivity (Wildman–Crippen MR) is 105 cm³/mol. The van der Waals surface area contributed by atoms with Crippen LogP contribution in [0.3, 0.4) is 0 Å². The monoisotopic (exact) mass is 385 g/mol. The number of hydrogen-bond acceptors (Lipinski definition) is 3.